The number of benzene rings is 1. The van der Waals surface area contributed by atoms with Crippen molar-refractivity contribution in [2.75, 3.05) is 13.2 Å². The predicted octanol–water partition coefficient (Wildman–Crippen LogP) is 2.88. The molecule has 0 saturated carbocycles. The molecule has 0 aromatic heterocycles. The van der Waals surface area contributed by atoms with Gasteiger partial charge in [-0.3, -0.25) is 10.1 Å². The molecule has 0 aliphatic rings. The van der Waals surface area contributed by atoms with Crippen LogP contribution < -0.4 is 10.5 Å². The average Bonchev–Trinajstić information content (AvgIpc) is 2.29. The van der Waals surface area contributed by atoms with E-state index in [1.807, 2.05) is 6.92 Å². The number of ether oxygens (including phenoxy) is 1. The molecule has 0 radical (unpaired) electrons. The molecule has 5 nitrogen and oxygen atoms in total. The molecular formula is C10H12Cl2N2O3. The summed E-state index contributed by atoms with van der Waals surface area (Å²) in [6, 6.07) is 2.51. The van der Waals surface area contributed by atoms with E-state index in [1.54, 1.807) is 0 Å². The van der Waals surface area contributed by atoms with Gasteiger partial charge in [0.25, 0.3) is 0 Å². The monoisotopic (exact) mass is 278 g/mol. The second kappa shape index (κ2) is 6.05. The maximum atomic E-state index is 10.8. The molecule has 0 bridgehead atoms. The van der Waals surface area contributed by atoms with E-state index in [2.05, 4.69) is 0 Å². The van der Waals surface area contributed by atoms with Gasteiger partial charge in [0.15, 0.2) is 5.75 Å². The van der Waals surface area contributed by atoms with Crippen molar-refractivity contribution in [1.29, 1.82) is 0 Å². The zero-order chi connectivity index (χ0) is 13.0. The molecular weight excluding hydrogens is 267 g/mol. The molecule has 0 heterocycles. The van der Waals surface area contributed by atoms with Gasteiger partial charge < -0.3 is 10.5 Å². The summed E-state index contributed by atoms with van der Waals surface area (Å²) >= 11 is 11.5. The lowest BCUT2D eigenvalue weighted by Crippen LogP contribution is -2.18. The number of hydrogen-bond acceptors (Lipinski definition) is 4. The fourth-order valence-corrected chi connectivity index (χ4v) is 1.39. The molecule has 1 unspecified atom stereocenters. The number of nitrogens with two attached hydrogens (primary N) is 1. The fourth-order valence-electron chi connectivity index (χ4n) is 1.08. The highest BCUT2D eigenvalue weighted by molar-refractivity contribution is 6.42. The van der Waals surface area contributed by atoms with Crippen molar-refractivity contribution in [2.24, 2.45) is 11.7 Å². The Hall–Kier alpha value is -1.04. The summed E-state index contributed by atoms with van der Waals surface area (Å²) in [5.74, 6) is 0.203. The third-order valence-corrected chi connectivity index (χ3v) is 2.85. The van der Waals surface area contributed by atoms with Crippen molar-refractivity contribution >= 4 is 28.9 Å². The molecule has 0 amide bonds. The third-order valence-electron chi connectivity index (χ3n) is 2.12. The Morgan fingerprint density at radius 3 is 2.59 bits per heavy atom. The van der Waals surface area contributed by atoms with E-state index in [-0.39, 0.29) is 34.0 Å². The Balaban J connectivity index is 2.96. The first kappa shape index (κ1) is 14.0. The van der Waals surface area contributed by atoms with E-state index in [4.69, 9.17) is 33.7 Å². The number of hydrogen-bond donors (Lipinski definition) is 1. The lowest BCUT2D eigenvalue weighted by Gasteiger charge is -2.11. The lowest BCUT2D eigenvalue weighted by atomic mass is 10.2. The SMILES string of the molecule is CC(CN)COc1cc(Cl)c(Cl)cc1[N+](=O)[O-]. The maximum absolute atomic E-state index is 10.8. The highest BCUT2D eigenvalue weighted by Gasteiger charge is 2.18. The van der Waals surface area contributed by atoms with Crippen LogP contribution in [-0.2, 0) is 0 Å². The van der Waals surface area contributed by atoms with Gasteiger partial charge in [-0.1, -0.05) is 30.1 Å². The van der Waals surface area contributed by atoms with Gasteiger partial charge in [-0.15, -0.1) is 0 Å². The topological polar surface area (TPSA) is 78.4 Å². The molecule has 1 aromatic carbocycles. The van der Waals surface area contributed by atoms with Crippen LogP contribution in [0.1, 0.15) is 6.92 Å². The first-order valence-electron chi connectivity index (χ1n) is 4.92. The smallest absolute Gasteiger partial charge is 0.312 e. The Morgan fingerprint density at radius 2 is 2.06 bits per heavy atom. The van der Waals surface area contributed by atoms with Crippen LogP contribution in [0.4, 0.5) is 5.69 Å². The summed E-state index contributed by atoms with van der Waals surface area (Å²) in [5.41, 5.74) is 5.22. The summed E-state index contributed by atoms with van der Waals surface area (Å²) in [5, 5.41) is 11.1. The van der Waals surface area contributed by atoms with Crippen LogP contribution in [0.15, 0.2) is 12.1 Å². The normalized spacial score (nSPS) is 12.2. The Morgan fingerprint density at radius 1 is 1.47 bits per heavy atom. The van der Waals surface area contributed by atoms with E-state index in [0.717, 1.165) is 0 Å². The first-order valence-corrected chi connectivity index (χ1v) is 5.67. The molecule has 0 spiro atoms. The number of nitro benzene ring substituents is 1. The molecule has 1 aromatic rings. The minimum atomic E-state index is -0.565. The van der Waals surface area contributed by atoms with E-state index < -0.39 is 4.92 Å². The summed E-state index contributed by atoms with van der Waals surface area (Å²) < 4.78 is 5.32. The highest BCUT2D eigenvalue weighted by Crippen LogP contribution is 2.35. The van der Waals surface area contributed by atoms with Crippen LogP contribution in [0.5, 0.6) is 5.75 Å². The van der Waals surface area contributed by atoms with E-state index in [9.17, 15) is 10.1 Å². The second-order valence-electron chi connectivity index (χ2n) is 3.64. The summed E-state index contributed by atoms with van der Waals surface area (Å²) in [4.78, 5) is 10.2. The van der Waals surface area contributed by atoms with E-state index in [0.29, 0.717) is 6.54 Å². The number of nitro groups is 1. The molecule has 0 aliphatic heterocycles. The van der Waals surface area contributed by atoms with Gasteiger partial charge in [-0.25, -0.2) is 0 Å². The van der Waals surface area contributed by atoms with Crippen LogP contribution >= 0.6 is 23.2 Å². The molecule has 17 heavy (non-hydrogen) atoms. The summed E-state index contributed by atoms with van der Waals surface area (Å²) in [7, 11) is 0. The largest absolute Gasteiger partial charge is 0.486 e. The number of halogens is 2. The lowest BCUT2D eigenvalue weighted by molar-refractivity contribution is -0.385. The second-order valence-corrected chi connectivity index (χ2v) is 4.46. The van der Waals surface area contributed by atoms with E-state index in [1.165, 1.54) is 12.1 Å². The van der Waals surface area contributed by atoms with Crippen molar-refractivity contribution in [2.45, 2.75) is 6.92 Å². The van der Waals surface area contributed by atoms with Gasteiger partial charge in [0.2, 0.25) is 0 Å². The fraction of sp³-hybridized carbons (Fsp3) is 0.400. The van der Waals surface area contributed by atoms with Crippen molar-refractivity contribution in [3.8, 4) is 5.75 Å². The van der Waals surface area contributed by atoms with Crippen molar-refractivity contribution < 1.29 is 9.66 Å². The zero-order valence-electron chi connectivity index (χ0n) is 9.15. The minimum Gasteiger partial charge on any atom is -0.486 e. The molecule has 7 heteroatoms. The predicted molar refractivity (Wildman–Crippen MR) is 66.8 cm³/mol. The van der Waals surface area contributed by atoms with Gasteiger partial charge in [-0.05, 0) is 6.54 Å². The molecule has 2 N–H and O–H groups in total. The highest BCUT2D eigenvalue weighted by atomic mass is 35.5. The average molecular weight is 279 g/mol. The van der Waals surface area contributed by atoms with Gasteiger partial charge >= 0.3 is 5.69 Å². The number of rotatable bonds is 5. The van der Waals surface area contributed by atoms with E-state index >= 15 is 0 Å². The quantitative estimate of drug-likeness (QED) is 0.664. The van der Waals surface area contributed by atoms with Crippen LogP contribution in [-0.4, -0.2) is 18.1 Å². The molecule has 94 valence electrons. The summed E-state index contributed by atoms with van der Waals surface area (Å²) in [6.07, 6.45) is 0. The van der Waals surface area contributed by atoms with Crippen molar-refractivity contribution in [1.82, 2.24) is 0 Å². The Labute approximate surface area is 109 Å². The summed E-state index contributed by atoms with van der Waals surface area (Å²) in [6.45, 7) is 2.60. The van der Waals surface area contributed by atoms with Crippen molar-refractivity contribution in [3.05, 3.63) is 32.3 Å². The molecule has 1 atom stereocenters. The van der Waals surface area contributed by atoms with Gasteiger partial charge in [0.1, 0.15) is 0 Å². The molecule has 0 fully saturated rings. The maximum Gasteiger partial charge on any atom is 0.312 e. The van der Waals surface area contributed by atoms with Gasteiger partial charge in [0.05, 0.1) is 21.6 Å². The minimum absolute atomic E-state index is 0.101. The number of nitrogens with zero attached hydrogens (tertiary/aromatic N) is 1. The van der Waals surface area contributed by atoms with Crippen molar-refractivity contribution in [3.63, 3.8) is 0 Å². The molecule has 0 saturated heterocycles. The third kappa shape index (κ3) is 3.73. The zero-order valence-corrected chi connectivity index (χ0v) is 10.7. The van der Waals surface area contributed by atoms with Gasteiger partial charge in [0, 0.05) is 18.1 Å². The van der Waals surface area contributed by atoms with Crippen LogP contribution in [0.2, 0.25) is 10.0 Å². The Bertz CT molecular complexity index is 426. The van der Waals surface area contributed by atoms with Crippen LogP contribution in [0.3, 0.4) is 0 Å². The molecule has 0 aliphatic carbocycles. The van der Waals surface area contributed by atoms with Crippen LogP contribution in [0, 0.1) is 16.0 Å². The van der Waals surface area contributed by atoms with Gasteiger partial charge in [-0.2, -0.15) is 0 Å². The first-order chi connectivity index (χ1) is 7.95. The standard InChI is InChI=1S/C10H12Cl2N2O3/c1-6(4-13)5-17-10-3-8(12)7(11)2-9(10)14(15)16/h2-3,6H,4-5,13H2,1H3. The Kier molecular flexibility index (Phi) is 4.99. The van der Waals surface area contributed by atoms with Crippen LogP contribution in [0.25, 0.3) is 0 Å². The molecule has 1 rings (SSSR count).